The summed E-state index contributed by atoms with van der Waals surface area (Å²) in [5.41, 5.74) is 1.25. The molecule has 0 aliphatic carbocycles. The molecule has 1 aromatic carbocycles. The molecule has 1 amide bonds. The average molecular weight is 287 g/mol. The summed E-state index contributed by atoms with van der Waals surface area (Å²) >= 11 is 1.62. The number of carbonyl (C=O) groups is 1. The number of halogens is 1. The van der Waals surface area contributed by atoms with Crippen LogP contribution in [-0.2, 0) is 4.79 Å². The Labute approximate surface area is 119 Å². The molecule has 1 aromatic rings. The van der Waals surface area contributed by atoms with Gasteiger partial charge in [-0.3, -0.25) is 4.79 Å². The van der Waals surface area contributed by atoms with Crippen LogP contribution in [-0.4, -0.2) is 42.7 Å². The van der Waals surface area contributed by atoms with Crippen molar-refractivity contribution in [1.82, 2.24) is 10.2 Å². The molecule has 0 atom stereocenters. The molecule has 3 nitrogen and oxygen atoms in total. The lowest BCUT2D eigenvalue weighted by Gasteiger charge is -2.27. The quantitative estimate of drug-likeness (QED) is 0.862. The summed E-state index contributed by atoms with van der Waals surface area (Å²) in [6.45, 7) is 5.59. The molecule has 2 rings (SSSR count). The molecule has 1 aliphatic rings. The van der Waals surface area contributed by atoms with Gasteiger partial charge in [0.15, 0.2) is 0 Å². The van der Waals surface area contributed by atoms with E-state index >= 15 is 0 Å². The van der Waals surface area contributed by atoms with E-state index in [0.717, 1.165) is 26.2 Å². The van der Waals surface area contributed by atoms with E-state index in [-0.39, 0.29) is 18.3 Å². The predicted octanol–water partition coefficient (Wildman–Crippen LogP) is 1.94. The molecule has 1 heterocycles. The number of aryl methyl sites for hydroxylation is 1. The maximum Gasteiger partial charge on any atom is 0.233 e. The number of piperazine rings is 1. The van der Waals surface area contributed by atoms with Gasteiger partial charge in [0.25, 0.3) is 0 Å². The van der Waals surface area contributed by atoms with Gasteiger partial charge in [-0.15, -0.1) is 24.2 Å². The lowest BCUT2D eigenvalue weighted by molar-refractivity contribution is -0.128. The summed E-state index contributed by atoms with van der Waals surface area (Å²) in [4.78, 5) is 15.0. The van der Waals surface area contributed by atoms with Crippen LogP contribution in [0.5, 0.6) is 0 Å². The van der Waals surface area contributed by atoms with Gasteiger partial charge in [-0.1, -0.05) is 17.7 Å². The van der Waals surface area contributed by atoms with Crippen molar-refractivity contribution in [3.05, 3.63) is 29.8 Å². The van der Waals surface area contributed by atoms with Crippen molar-refractivity contribution in [3.8, 4) is 0 Å². The van der Waals surface area contributed by atoms with Gasteiger partial charge in [-0.25, -0.2) is 0 Å². The molecule has 1 fully saturated rings. The number of nitrogens with one attached hydrogen (secondary N) is 1. The summed E-state index contributed by atoms with van der Waals surface area (Å²) in [7, 11) is 0. The fraction of sp³-hybridized carbons (Fsp3) is 0.462. The van der Waals surface area contributed by atoms with Crippen molar-refractivity contribution in [3.63, 3.8) is 0 Å². The maximum atomic E-state index is 11.9. The van der Waals surface area contributed by atoms with Crippen LogP contribution in [0.1, 0.15) is 5.56 Å². The molecule has 0 bridgehead atoms. The van der Waals surface area contributed by atoms with E-state index in [2.05, 4.69) is 36.5 Å². The van der Waals surface area contributed by atoms with Crippen LogP contribution in [0.4, 0.5) is 0 Å². The second-order valence-electron chi connectivity index (χ2n) is 4.23. The minimum Gasteiger partial charge on any atom is -0.339 e. The topological polar surface area (TPSA) is 32.3 Å². The van der Waals surface area contributed by atoms with E-state index in [9.17, 15) is 4.79 Å². The molecular formula is C13H19ClN2OS. The number of thioether (sulfide) groups is 1. The molecule has 0 saturated carbocycles. The Bertz CT molecular complexity index is 377. The lowest BCUT2D eigenvalue weighted by Crippen LogP contribution is -2.47. The smallest absolute Gasteiger partial charge is 0.233 e. The Morgan fingerprint density at radius 1 is 1.28 bits per heavy atom. The van der Waals surface area contributed by atoms with Gasteiger partial charge in [0.2, 0.25) is 5.91 Å². The zero-order valence-corrected chi connectivity index (χ0v) is 12.1. The summed E-state index contributed by atoms with van der Waals surface area (Å²) in [6, 6.07) is 8.31. The third-order valence-corrected chi connectivity index (χ3v) is 3.85. The van der Waals surface area contributed by atoms with Gasteiger partial charge in [-0.2, -0.15) is 0 Å². The second-order valence-corrected chi connectivity index (χ2v) is 5.28. The SMILES string of the molecule is Cc1ccc(SCC(=O)N2CCNCC2)cc1.Cl. The van der Waals surface area contributed by atoms with Gasteiger partial charge in [-0.05, 0) is 19.1 Å². The number of nitrogens with zero attached hydrogens (tertiary/aromatic N) is 1. The van der Waals surface area contributed by atoms with Crippen LogP contribution < -0.4 is 5.32 Å². The van der Waals surface area contributed by atoms with Crippen LogP contribution in [0.25, 0.3) is 0 Å². The standard InChI is InChI=1S/C13H18N2OS.ClH/c1-11-2-4-12(5-3-11)17-10-13(16)15-8-6-14-7-9-15;/h2-5,14H,6-10H2,1H3;1H. The monoisotopic (exact) mass is 286 g/mol. The number of amides is 1. The number of rotatable bonds is 3. The van der Waals surface area contributed by atoms with Crippen LogP contribution in [0.2, 0.25) is 0 Å². The van der Waals surface area contributed by atoms with Gasteiger partial charge in [0, 0.05) is 31.1 Å². The molecular weight excluding hydrogens is 268 g/mol. The first-order valence-electron chi connectivity index (χ1n) is 5.94. The van der Waals surface area contributed by atoms with E-state index in [4.69, 9.17) is 0 Å². The third-order valence-electron chi connectivity index (χ3n) is 2.85. The molecule has 0 spiro atoms. The van der Waals surface area contributed by atoms with E-state index < -0.39 is 0 Å². The molecule has 1 saturated heterocycles. The van der Waals surface area contributed by atoms with Crippen LogP contribution >= 0.6 is 24.2 Å². The number of carbonyl (C=O) groups excluding carboxylic acids is 1. The van der Waals surface area contributed by atoms with E-state index in [1.54, 1.807) is 11.8 Å². The molecule has 18 heavy (non-hydrogen) atoms. The van der Waals surface area contributed by atoms with Gasteiger partial charge in [0.05, 0.1) is 5.75 Å². The third kappa shape index (κ3) is 4.52. The second kappa shape index (κ2) is 7.67. The Morgan fingerprint density at radius 3 is 2.50 bits per heavy atom. The molecule has 1 N–H and O–H groups in total. The molecule has 0 aromatic heterocycles. The minimum absolute atomic E-state index is 0. The maximum absolute atomic E-state index is 11.9. The average Bonchev–Trinajstić information content (AvgIpc) is 2.39. The molecule has 0 radical (unpaired) electrons. The van der Waals surface area contributed by atoms with E-state index in [0.29, 0.717) is 5.75 Å². The van der Waals surface area contributed by atoms with Crippen molar-refractivity contribution in [2.24, 2.45) is 0 Å². The van der Waals surface area contributed by atoms with Crippen LogP contribution in [0, 0.1) is 6.92 Å². The normalized spacial score (nSPS) is 15.1. The highest BCUT2D eigenvalue weighted by Crippen LogP contribution is 2.18. The van der Waals surface area contributed by atoms with E-state index in [1.165, 1.54) is 10.5 Å². The molecule has 5 heteroatoms. The van der Waals surface area contributed by atoms with Crippen molar-refractivity contribution in [2.75, 3.05) is 31.9 Å². The van der Waals surface area contributed by atoms with E-state index in [1.807, 2.05) is 4.90 Å². The Balaban J connectivity index is 0.00000162. The molecule has 100 valence electrons. The highest BCUT2D eigenvalue weighted by atomic mass is 35.5. The minimum atomic E-state index is 0. The number of benzene rings is 1. The largest absolute Gasteiger partial charge is 0.339 e. The summed E-state index contributed by atoms with van der Waals surface area (Å²) < 4.78 is 0. The Morgan fingerprint density at radius 2 is 1.89 bits per heavy atom. The first kappa shape index (κ1) is 15.3. The summed E-state index contributed by atoms with van der Waals surface area (Å²) in [6.07, 6.45) is 0. The van der Waals surface area contributed by atoms with Crippen molar-refractivity contribution in [1.29, 1.82) is 0 Å². The fourth-order valence-electron chi connectivity index (χ4n) is 1.79. The highest BCUT2D eigenvalue weighted by Gasteiger charge is 2.15. The zero-order valence-electron chi connectivity index (χ0n) is 10.5. The number of hydrogen-bond acceptors (Lipinski definition) is 3. The lowest BCUT2D eigenvalue weighted by atomic mass is 10.2. The first-order chi connectivity index (χ1) is 8.25. The molecule has 1 aliphatic heterocycles. The Hall–Kier alpha value is -0.710. The number of hydrogen-bond donors (Lipinski definition) is 1. The summed E-state index contributed by atoms with van der Waals surface area (Å²) in [5.74, 6) is 0.792. The van der Waals surface area contributed by atoms with Crippen LogP contribution in [0.3, 0.4) is 0 Å². The van der Waals surface area contributed by atoms with Crippen LogP contribution in [0.15, 0.2) is 29.2 Å². The molecule has 0 unspecified atom stereocenters. The van der Waals surface area contributed by atoms with Crippen molar-refractivity contribution < 1.29 is 4.79 Å². The highest BCUT2D eigenvalue weighted by molar-refractivity contribution is 8.00. The zero-order chi connectivity index (χ0) is 12.1. The van der Waals surface area contributed by atoms with Gasteiger partial charge < -0.3 is 10.2 Å². The van der Waals surface area contributed by atoms with Gasteiger partial charge >= 0.3 is 0 Å². The van der Waals surface area contributed by atoms with Gasteiger partial charge in [0.1, 0.15) is 0 Å². The fourth-order valence-corrected chi connectivity index (χ4v) is 2.59. The van der Waals surface area contributed by atoms with Crippen molar-refractivity contribution >= 4 is 30.1 Å². The Kier molecular flexibility index (Phi) is 6.54. The summed E-state index contributed by atoms with van der Waals surface area (Å²) in [5, 5.41) is 3.25. The first-order valence-corrected chi connectivity index (χ1v) is 6.92. The van der Waals surface area contributed by atoms with Crippen molar-refractivity contribution in [2.45, 2.75) is 11.8 Å². The predicted molar refractivity (Wildman–Crippen MR) is 78.6 cm³/mol.